The van der Waals surface area contributed by atoms with Crippen LogP contribution in [0, 0.1) is 6.92 Å². The average Bonchev–Trinajstić information content (AvgIpc) is 3.29. The van der Waals surface area contributed by atoms with Crippen molar-refractivity contribution >= 4 is 5.97 Å². The summed E-state index contributed by atoms with van der Waals surface area (Å²) in [6, 6.07) is 20.8. The molecule has 0 spiro atoms. The first-order chi connectivity index (χ1) is 16.6. The van der Waals surface area contributed by atoms with E-state index in [1.54, 1.807) is 6.07 Å². The number of rotatable bonds is 10. The van der Waals surface area contributed by atoms with E-state index in [0.29, 0.717) is 5.56 Å². The number of aromatic nitrogens is 1. The molecule has 1 saturated heterocycles. The van der Waals surface area contributed by atoms with E-state index in [1.807, 2.05) is 12.1 Å². The maximum atomic E-state index is 12.0. The number of hydrogen-bond donors (Lipinski definition) is 0. The van der Waals surface area contributed by atoms with Crippen LogP contribution < -0.4 is 0 Å². The molecule has 0 N–H and O–H groups in total. The third-order valence-corrected chi connectivity index (χ3v) is 6.33. The second-order valence-corrected chi connectivity index (χ2v) is 8.97. The van der Waals surface area contributed by atoms with E-state index in [9.17, 15) is 4.79 Å². The molecule has 2 aromatic carbocycles. The monoisotopic (exact) mass is 461 g/mol. The highest BCUT2D eigenvalue weighted by Gasteiger charge is 2.16. The van der Waals surface area contributed by atoms with Crippen molar-refractivity contribution in [3.8, 4) is 0 Å². The molecule has 6 heteroatoms. The number of ether oxygens (including phenoxy) is 2. The summed E-state index contributed by atoms with van der Waals surface area (Å²) < 4.78 is 12.8. The first-order valence-corrected chi connectivity index (χ1v) is 12.0. The number of aryl methyl sites for hydroxylation is 1. The van der Waals surface area contributed by atoms with E-state index < -0.39 is 0 Å². The molecule has 0 unspecified atom stereocenters. The number of morpholine rings is 1. The molecule has 4 rings (SSSR count). The molecule has 1 fully saturated rings. The molecule has 3 aromatic rings. The van der Waals surface area contributed by atoms with Gasteiger partial charge in [-0.25, -0.2) is 4.79 Å². The Labute approximate surface area is 202 Å². The fourth-order valence-electron chi connectivity index (χ4n) is 4.48. The van der Waals surface area contributed by atoms with Gasteiger partial charge in [0.15, 0.2) is 0 Å². The Kier molecular flexibility index (Phi) is 8.52. The highest BCUT2D eigenvalue weighted by atomic mass is 16.5. The summed E-state index contributed by atoms with van der Waals surface area (Å²) >= 11 is 0. The minimum absolute atomic E-state index is 0.297. The zero-order chi connectivity index (χ0) is 23.8. The van der Waals surface area contributed by atoms with Crippen LogP contribution in [0.25, 0.3) is 0 Å². The molecule has 6 nitrogen and oxygen atoms in total. The number of esters is 1. The van der Waals surface area contributed by atoms with Crippen LogP contribution in [0.2, 0.25) is 0 Å². The molecular weight excluding hydrogens is 426 g/mol. The lowest BCUT2D eigenvalue weighted by molar-refractivity contribution is 0.0324. The molecule has 0 amide bonds. The third-order valence-electron chi connectivity index (χ3n) is 6.33. The maximum Gasteiger partial charge on any atom is 0.337 e. The van der Waals surface area contributed by atoms with Crippen LogP contribution in [-0.2, 0) is 29.1 Å². The molecule has 0 saturated carbocycles. The summed E-state index contributed by atoms with van der Waals surface area (Å²) in [6.07, 6.45) is 2.16. The van der Waals surface area contributed by atoms with Crippen LogP contribution >= 0.6 is 0 Å². The topological polar surface area (TPSA) is 46.9 Å². The first kappa shape index (κ1) is 24.2. The number of hydrogen-bond acceptors (Lipinski definition) is 5. The van der Waals surface area contributed by atoms with Crippen molar-refractivity contribution in [3.63, 3.8) is 0 Å². The molecule has 0 atom stereocenters. The first-order valence-electron chi connectivity index (χ1n) is 12.0. The fourth-order valence-corrected chi connectivity index (χ4v) is 4.48. The van der Waals surface area contributed by atoms with Crippen molar-refractivity contribution < 1.29 is 14.3 Å². The standard InChI is InChI=1S/C28H35N3O3/c1-23-6-3-7-24(18-23)21-31-11-5-10-27(31)22-30(13-12-29-14-16-34-17-15-29)20-25-8-4-9-26(19-25)28(32)33-2/h3-11,18-19H,12-17,20-22H2,1-2H3. The zero-order valence-corrected chi connectivity index (χ0v) is 20.3. The Morgan fingerprint density at radius 1 is 1.00 bits per heavy atom. The van der Waals surface area contributed by atoms with Crippen LogP contribution in [-0.4, -0.2) is 66.8 Å². The second-order valence-electron chi connectivity index (χ2n) is 8.97. The third kappa shape index (κ3) is 6.79. The Hall–Kier alpha value is -2.93. The molecule has 180 valence electrons. The number of carbonyl (C=O) groups excluding carboxylic acids is 1. The summed E-state index contributed by atoms with van der Waals surface area (Å²) in [5, 5.41) is 0. The predicted molar refractivity (Wildman–Crippen MR) is 134 cm³/mol. The number of carbonyl (C=O) groups is 1. The van der Waals surface area contributed by atoms with Gasteiger partial charge in [-0.3, -0.25) is 9.80 Å². The average molecular weight is 462 g/mol. The Bertz CT molecular complexity index is 1070. The minimum Gasteiger partial charge on any atom is -0.465 e. The maximum absolute atomic E-state index is 12.0. The summed E-state index contributed by atoms with van der Waals surface area (Å²) in [5.74, 6) is -0.297. The van der Waals surface area contributed by atoms with Crippen molar-refractivity contribution in [1.29, 1.82) is 0 Å². The second kappa shape index (κ2) is 12.0. The van der Waals surface area contributed by atoms with Gasteiger partial charge in [0.2, 0.25) is 0 Å². The number of methoxy groups -OCH3 is 1. The molecule has 34 heavy (non-hydrogen) atoms. The molecule has 1 aliphatic heterocycles. The van der Waals surface area contributed by atoms with Gasteiger partial charge in [0.1, 0.15) is 0 Å². The molecule has 1 aliphatic rings. The van der Waals surface area contributed by atoms with E-state index in [4.69, 9.17) is 9.47 Å². The summed E-state index contributed by atoms with van der Waals surface area (Å²) in [7, 11) is 1.42. The molecule has 0 bridgehead atoms. The van der Waals surface area contributed by atoms with E-state index in [1.165, 1.54) is 23.9 Å². The number of benzene rings is 2. The predicted octanol–water partition coefficient (Wildman–Crippen LogP) is 3.97. The van der Waals surface area contributed by atoms with Crippen LogP contribution in [0.5, 0.6) is 0 Å². The number of nitrogens with zero attached hydrogens (tertiary/aromatic N) is 3. The summed E-state index contributed by atoms with van der Waals surface area (Å²) in [6.45, 7) is 10.1. The summed E-state index contributed by atoms with van der Waals surface area (Å²) in [4.78, 5) is 17.0. The lowest BCUT2D eigenvalue weighted by Gasteiger charge is -2.30. The van der Waals surface area contributed by atoms with Gasteiger partial charge < -0.3 is 14.0 Å². The van der Waals surface area contributed by atoms with Gasteiger partial charge in [0, 0.05) is 57.7 Å². The lowest BCUT2D eigenvalue weighted by Crippen LogP contribution is -2.41. The minimum atomic E-state index is -0.297. The normalized spacial score (nSPS) is 14.4. The van der Waals surface area contributed by atoms with E-state index in [2.05, 4.69) is 70.0 Å². The SMILES string of the molecule is COC(=O)c1cccc(CN(CCN2CCOCC2)Cc2cccn2Cc2cccc(C)c2)c1. The summed E-state index contributed by atoms with van der Waals surface area (Å²) in [5.41, 5.74) is 5.58. The fraction of sp³-hybridized carbons (Fsp3) is 0.393. The van der Waals surface area contributed by atoms with Crippen molar-refractivity contribution in [3.05, 3.63) is 94.8 Å². The van der Waals surface area contributed by atoms with E-state index >= 15 is 0 Å². The van der Waals surface area contributed by atoms with Gasteiger partial charge in [-0.1, -0.05) is 42.0 Å². The van der Waals surface area contributed by atoms with Gasteiger partial charge in [0.25, 0.3) is 0 Å². The van der Waals surface area contributed by atoms with Gasteiger partial charge >= 0.3 is 5.97 Å². The van der Waals surface area contributed by atoms with Gasteiger partial charge in [-0.05, 0) is 42.3 Å². The van der Waals surface area contributed by atoms with Crippen LogP contribution in [0.1, 0.15) is 32.7 Å². The molecule has 2 heterocycles. The van der Waals surface area contributed by atoms with Gasteiger partial charge in [-0.15, -0.1) is 0 Å². The Morgan fingerprint density at radius 3 is 2.59 bits per heavy atom. The zero-order valence-electron chi connectivity index (χ0n) is 20.3. The smallest absolute Gasteiger partial charge is 0.337 e. The van der Waals surface area contributed by atoms with Crippen LogP contribution in [0.15, 0.2) is 66.9 Å². The molecular formula is C28H35N3O3. The van der Waals surface area contributed by atoms with Gasteiger partial charge in [-0.2, -0.15) is 0 Å². The van der Waals surface area contributed by atoms with E-state index in [0.717, 1.165) is 64.6 Å². The molecule has 0 radical (unpaired) electrons. The highest BCUT2D eigenvalue weighted by Crippen LogP contribution is 2.16. The molecule has 0 aliphatic carbocycles. The van der Waals surface area contributed by atoms with Crippen LogP contribution in [0.4, 0.5) is 0 Å². The quantitative estimate of drug-likeness (QED) is 0.428. The lowest BCUT2D eigenvalue weighted by atomic mass is 10.1. The van der Waals surface area contributed by atoms with Crippen molar-refractivity contribution in [2.75, 3.05) is 46.5 Å². The van der Waals surface area contributed by atoms with Gasteiger partial charge in [0.05, 0.1) is 25.9 Å². The largest absolute Gasteiger partial charge is 0.465 e. The van der Waals surface area contributed by atoms with E-state index in [-0.39, 0.29) is 5.97 Å². The Morgan fingerprint density at radius 2 is 1.79 bits per heavy atom. The van der Waals surface area contributed by atoms with Crippen LogP contribution in [0.3, 0.4) is 0 Å². The highest BCUT2D eigenvalue weighted by molar-refractivity contribution is 5.89. The Balaban J connectivity index is 1.49. The van der Waals surface area contributed by atoms with Crippen molar-refractivity contribution in [2.45, 2.75) is 26.6 Å². The molecule has 1 aromatic heterocycles. The van der Waals surface area contributed by atoms with Crippen molar-refractivity contribution in [2.24, 2.45) is 0 Å². The van der Waals surface area contributed by atoms with Crippen molar-refractivity contribution in [1.82, 2.24) is 14.4 Å².